The molecule has 0 unspecified atom stereocenters. The van der Waals surface area contributed by atoms with E-state index in [1.807, 2.05) is 42.5 Å². The van der Waals surface area contributed by atoms with Crippen LogP contribution in [0.4, 0.5) is 0 Å². The van der Waals surface area contributed by atoms with Gasteiger partial charge in [0.2, 0.25) is 5.89 Å². The van der Waals surface area contributed by atoms with Gasteiger partial charge in [0, 0.05) is 26.5 Å². The third-order valence-corrected chi connectivity index (χ3v) is 5.77. The van der Waals surface area contributed by atoms with Crippen LogP contribution in [0.2, 0.25) is 0 Å². The van der Waals surface area contributed by atoms with Crippen molar-refractivity contribution in [3.8, 4) is 17.1 Å². The fourth-order valence-electron chi connectivity index (χ4n) is 4.01. The molecule has 6 rings (SSSR count). The Bertz CT molecular complexity index is 1500. The van der Waals surface area contributed by atoms with Crippen LogP contribution in [-0.4, -0.2) is 9.55 Å². The second-order valence-corrected chi connectivity index (χ2v) is 7.94. The summed E-state index contributed by atoms with van der Waals surface area (Å²) in [5.74, 6) is 0.638. The van der Waals surface area contributed by atoms with Gasteiger partial charge in [-0.05, 0) is 54.6 Å². The first-order chi connectivity index (χ1) is 14.3. The summed E-state index contributed by atoms with van der Waals surface area (Å²) in [6.45, 7) is 0. The van der Waals surface area contributed by atoms with Gasteiger partial charge in [-0.15, -0.1) is 0 Å². The topological polar surface area (TPSA) is 31.0 Å². The average Bonchev–Trinajstić information content (AvgIpc) is 3.34. The van der Waals surface area contributed by atoms with Gasteiger partial charge in [-0.25, -0.2) is 4.98 Å². The highest BCUT2D eigenvalue weighted by molar-refractivity contribution is 9.10. The Kier molecular flexibility index (Phi) is 3.61. The maximum absolute atomic E-state index is 6.35. The van der Waals surface area contributed by atoms with Gasteiger partial charge in [0.25, 0.3) is 0 Å². The highest BCUT2D eigenvalue weighted by Crippen LogP contribution is 2.38. The zero-order valence-corrected chi connectivity index (χ0v) is 16.9. The lowest BCUT2D eigenvalue weighted by Crippen LogP contribution is -1.93. The number of halogens is 1. The van der Waals surface area contributed by atoms with E-state index in [1.54, 1.807) is 0 Å². The largest absolute Gasteiger partial charge is 0.434 e. The first kappa shape index (κ1) is 16.6. The number of oxazole rings is 1. The summed E-state index contributed by atoms with van der Waals surface area (Å²) in [7, 11) is 0. The normalized spacial score (nSPS) is 11.6. The summed E-state index contributed by atoms with van der Waals surface area (Å²) in [4.78, 5) is 4.77. The highest BCUT2D eigenvalue weighted by atomic mass is 79.9. The van der Waals surface area contributed by atoms with E-state index < -0.39 is 0 Å². The lowest BCUT2D eigenvalue weighted by atomic mass is 10.1. The van der Waals surface area contributed by atoms with Crippen LogP contribution in [0.15, 0.2) is 99.9 Å². The van der Waals surface area contributed by atoms with E-state index in [-0.39, 0.29) is 0 Å². The molecule has 2 aromatic heterocycles. The molecule has 0 N–H and O–H groups in total. The number of aromatic nitrogens is 2. The highest BCUT2D eigenvalue weighted by Gasteiger charge is 2.19. The van der Waals surface area contributed by atoms with Crippen molar-refractivity contribution in [2.75, 3.05) is 0 Å². The monoisotopic (exact) mass is 438 g/mol. The molecule has 3 nitrogen and oxygen atoms in total. The van der Waals surface area contributed by atoms with Gasteiger partial charge < -0.3 is 8.98 Å². The van der Waals surface area contributed by atoms with Gasteiger partial charge in [-0.3, -0.25) is 0 Å². The number of benzene rings is 4. The van der Waals surface area contributed by atoms with Gasteiger partial charge in [-0.2, -0.15) is 0 Å². The van der Waals surface area contributed by atoms with Gasteiger partial charge in [0.05, 0.1) is 11.0 Å². The van der Waals surface area contributed by atoms with Crippen molar-refractivity contribution in [2.45, 2.75) is 0 Å². The number of fused-ring (bicyclic) bond motifs is 5. The number of para-hydroxylation sites is 1. The average molecular weight is 439 g/mol. The molecule has 2 heterocycles. The Hall–Kier alpha value is -3.37. The van der Waals surface area contributed by atoms with E-state index in [4.69, 9.17) is 9.40 Å². The van der Waals surface area contributed by atoms with E-state index in [0.29, 0.717) is 5.89 Å². The van der Waals surface area contributed by atoms with E-state index in [0.717, 1.165) is 43.2 Å². The lowest BCUT2D eigenvalue weighted by Gasteiger charge is -2.07. The van der Waals surface area contributed by atoms with E-state index >= 15 is 0 Å². The molecule has 0 aliphatic carbocycles. The summed E-state index contributed by atoms with van der Waals surface area (Å²) >= 11 is 3.62. The molecule has 29 heavy (non-hydrogen) atoms. The Morgan fingerprint density at radius 1 is 0.759 bits per heavy atom. The Morgan fingerprint density at radius 3 is 2.31 bits per heavy atom. The summed E-state index contributed by atoms with van der Waals surface area (Å²) in [5.41, 5.74) is 5.91. The van der Waals surface area contributed by atoms with Crippen LogP contribution in [0.25, 0.3) is 50.0 Å². The summed E-state index contributed by atoms with van der Waals surface area (Å²) < 4.78 is 9.66. The van der Waals surface area contributed by atoms with Crippen molar-refractivity contribution in [1.82, 2.24) is 9.55 Å². The van der Waals surface area contributed by atoms with Gasteiger partial charge in [0.1, 0.15) is 5.52 Å². The summed E-state index contributed by atoms with van der Waals surface area (Å²) in [6.07, 6.45) is 0. The van der Waals surface area contributed by atoms with Gasteiger partial charge in [-0.1, -0.05) is 52.3 Å². The number of hydrogen-bond donors (Lipinski definition) is 0. The predicted molar refractivity (Wildman–Crippen MR) is 121 cm³/mol. The number of rotatable bonds is 2. The van der Waals surface area contributed by atoms with Crippen LogP contribution in [-0.2, 0) is 0 Å². The van der Waals surface area contributed by atoms with Crippen molar-refractivity contribution < 1.29 is 4.42 Å². The van der Waals surface area contributed by atoms with Crippen LogP contribution < -0.4 is 0 Å². The summed E-state index contributed by atoms with van der Waals surface area (Å²) in [6, 6.07) is 31.0. The quantitative estimate of drug-likeness (QED) is 0.282. The molecule has 0 amide bonds. The zero-order valence-electron chi connectivity index (χ0n) is 15.3. The van der Waals surface area contributed by atoms with Crippen LogP contribution in [0.3, 0.4) is 0 Å². The minimum absolute atomic E-state index is 0.638. The van der Waals surface area contributed by atoms with Crippen molar-refractivity contribution in [3.05, 3.63) is 95.5 Å². The Morgan fingerprint density at radius 2 is 1.52 bits per heavy atom. The van der Waals surface area contributed by atoms with Crippen LogP contribution in [0, 0.1) is 0 Å². The van der Waals surface area contributed by atoms with Gasteiger partial charge in [0.15, 0.2) is 5.58 Å². The van der Waals surface area contributed by atoms with Crippen molar-refractivity contribution in [1.29, 1.82) is 0 Å². The molecule has 138 valence electrons. The first-order valence-electron chi connectivity index (χ1n) is 9.44. The Labute approximate surface area is 175 Å². The molecule has 0 radical (unpaired) electrons. The first-order valence-corrected chi connectivity index (χ1v) is 10.2. The third-order valence-electron chi connectivity index (χ3n) is 5.28. The van der Waals surface area contributed by atoms with E-state index in [9.17, 15) is 0 Å². The zero-order chi connectivity index (χ0) is 19.4. The molecule has 4 heteroatoms. The molecule has 0 saturated heterocycles. The second kappa shape index (κ2) is 6.33. The molecular weight excluding hydrogens is 424 g/mol. The molecule has 0 bridgehead atoms. The van der Waals surface area contributed by atoms with E-state index in [2.05, 4.69) is 69.0 Å². The minimum atomic E-state index is 0.638. The molecule has 0 fully saturated rings. The Balaban J connectivity index is 1.78. The molecule has 0 atom stereocenters. The predicted octanol–water partition coefficient (Wildman–Crippen LogP) is 7.35. The molecule has 6 aromatic rings. The smallest absolute Gasteiger partial charge is 0.227 e. The fourth-order valence-corrected chi connectivity index (χ4v) is 4.37. The van der Waals surface area contributed by atoms with Crippen molar-refractivity contribution in [3.63, 3.8) is 0 Å². The maximum atomic E-state index is 6.35. The van der Waals surface area contributed by atoms with Crippen LogP contribution in [0.1, 0.15) is 0 Å². The third kappa shape index (κ3) is 2.53. The minimum Gasteiger partial charge on any atom is -0.434 e. The lowest BCUT2D eigenvalue weighted by molar-refractivity contribution is 0.622. The second-order valence-electron chi connectivity index (χ2n) is 7.03. The molecule has 0 saturated carbocycles. The molecule has 0 spiro atoms. The maximum Gasteiger partial charge on any atom is 0.227 e. The fraction of sp³-hybridized carbons (Fsp3) is 0. The van der Waals surface area contributed by atoms with E-state index in [1.165, 1.54) is 5.39 Å². The van der Waals surface area contributed by atoms with Crippen LogP contribution in [0.5, 0.6) is 0 Å². The molecule has 4 aromatic carbocycles. The molecule has 0 aliphatic rings. The molecular formula is C25H15BrN2O. The SMILES string of the molecule is Brc1ccc2c(c1)c1ccc3nc(-c4ccccc4)oc3c1n2-c1ccccc1. The summed E-state index contributed by atoms with van der Waals surface area (Å²) in [5, 5.41) is 2.33. The van der Waals surface area contributed by atoms with Crippen LogP contribution >= 0.6 is 15.9 Å². The van der Waals surface area contributed by atoms with Crippen molar-refractivity contribution in [2.24, 2.45) is 0 Å². The number of hydrogen-bond acceptors (Lipinski definition) is 2. The standard InChI is InChI=1S/C25H15BrN2O/c26-17-11-14-22-20(15-17)19-12-13-21-24(23(19)28(22)18-9-5-2-6-10-18)29-25(27-21)16-7-3-1-4-8-16/h1-15H. The van der Waals surface area contributed by atoms with Gasteiger partial charge >= 0.3 is 0 Å². The molecule has 0 aliphatic heterocycles. The van der Waals surface area contributed by atoms with Crippen molar-refractivity contribution >= 4 is 48.8 Å². The number of nitrogens with zero attached hydrogens (tertiary/aromatic N) is 2.